The molecule has 0 aromatic heterocycles. The lowest BCUT2D eigenvalue weighted by atomic mass is 10.1. The SMILES string of the molecule is CCC.O=C1OC(=O)c2ccccc21.O=C1OC(=O)c2ccccc21. The van der Waals surface area contributed by atoms with Crippen molar-refractivity contribution in [2.45, 2.75) is 20.3 Å². The average molecular weight is 340 g/mol. The Bertz CT molecular complexity index is 702. The Morgan fingerprint density at radius 2 is 0.760 bits per heavy atom. The van der Waals surface area contributed by atoms with Crippen molar-refractivity contribution in [3.8, 4) is 0 Å². The van der Waals surface area contributed by atoms with E-state index in [2.05, 4.69) is 23.3 Å². The van der Waals surface area contributed by atoms with E-state index in [0.717, 1.165) is 0 Å². The van der Waals surface area contributed by atoms with Crippen LogP contribution in [0.2, 0.25) is 0 Å². The number of carbonyl (C=O) groups excluding carboxylic acids is 4. The van der Waals surface area contributed by atoms with Crippen LogP contribution in [0.5, 0.6) is 0 Å². The molecule has 0 N–H and O–H groups in total. The Morgan fingerprint density at radius 1 is 0.560 bits per heavy atom. The van der Waals surface area contributed by atoms with Gasteiger partial charge in [-0.3, -0.25) is 0 Å². The fourth-order valence-corrected chi connectivity index (χ4v) is 2.07. The summed E-state index contributed by atoms with van der Waals surface area (Å²) in [6.45, 7) is 4.25. The molecule has 25 heavy (non-hydrogen) atoms. The summed E-state index contributed by atoms with van der Waals surface area (Å²) in [5, 5.41) is 0. The normalized spacial score (nSPS) is 13.5. The zero-order valence-electron chi connectivity index (χ0n) is 13.8. The maximum absolute atomic E-state index is 10.8. The van der Waals surface area contributed by atoms with Gasteiger partial charge in [0.25, 0.3) is 0 Å². The zero-order valence-corrected chi connectivity index (χ0v) is 13.8. The minimum atomic E-state index is -0.550. The van der Waals surface area contributed by atoms with Crippen molar-refractivity contribution in [1.29, 1.82) is 0 Å². The van der Waals surface area contributed by atoms with Gasteiger partial charge in [0.1, 0.15) is 0 Å². The molecule has 0 amide bonds. The molecule has 0 aliphatic carbocycles. The van der Waals surface area contributed by atoms with E-state index < -0.39 is 23.9 Å². The highest BCUT2D eigenvalue weighted by molar-refractivity contribution is 6.15. The number of hydrogen-bond donors (Lipinski definition) is 0. The molecule has 0 spiro atoms. The van der Waals surface area contributed by atoms with Crippen molar-refractivity contribution < 1.29 is 28.7 Å². The first kappa shape index (κ1) is 18.1. The predicted octanol–water partition coefficient (Wildman–Crippen LogP) is 3.41. The van der Waals surface area contributed by atoms with Crippen LogP contribution in [0.4, 0.5) is 0 Å². The third-order valence-electron chi connectivity index (χ3n) is 3.10. The van der Waals surface area contributed by atoms with Gasteiger partial charge in [-0.05, 0) is 24.3 Å². The highest BCUT2D eigenvalue weighted by Gasteiger charge is 2.29. The van der Waals surface area contributed by atoms with Crippen LogP contribution >= 0.6 is 0 Å². The summed E-state index contributed by atoms with van der Waals surface area (Å²) in [6.07, 6.45) is 1.25. The molecule has 2 aliphatic heterocycles. The van der Waals surface area contributed by atoms with E-state index in [4.69, 9.17) is 0 Å². The average Bonchev–Trinajstić information content (AvgIpc) is 3.06. The van der Waals surface area contributed by atoms with Crippen LogP contribution in [-0.2, 0) is 9.47 Å². The number of benzene rings is 2. The van der Waals surface area contributed by atoms with Crippen LogP contribution in [0.1, 0.15) is 61.7 Å². The second-order valence-electron chi connectivity index (χ2n) is 5.15. The van der Waals surface area contributed by atoms with Crippen LogP contribution in [-0.4, -0.2) is 23.9 Å². The van der Waals surface area contributed by atoms with E-state index in [1.54, 1.807) is 48.5 Å². The second-order valence-corrected chi connectivity index (χ2v) is 5.15. The number of fused-ring (bicyclic) bond motifs is 2. The van der Waals surface area contributed by atoms with Crippen LogP contribution in [0.3, 0.4) is 0 Å². The summed E-state index contributed by atoms with van der Waals surface area (Å²) in [6, 6.07) is 13.1. The molecule has 128 valence electrons. The maximum atomic E-state index is 10.8. The summed E-state index contributed by atoms with van der Waals surface area (Å²) in [4.78, 5) is 43.3. The van der Waals surface area contributed by atoms with Gasteiger partial charge in [-0.1, -0.05) is 44.5 Å². The Morgan fingerprint density at radius 3 is 0.960 bits per heavy atom. The summed E-state index contributed by atoms with van der Waals surface area (Å²) < 4.78 is 8.71. The number of carbonyl (C=O) groups is 4. The van der Waals surface area contributed by atoms with Gasteiger partial charge in [0.05, 0.1) is 22.3 Å². The molecule has 0 saturated heterocycles. The minimum absolute atomic E-state index is 0.359. The second kappa shape index (κ2) is 8.01. The Kier molecular flexibility index (Phi) is 5.79. The van der Waals surface area contributed by atoms with Crippen LogP contribution < -0.4 is 0 Å². The quantitative estimate of drug-likeness (QED) is 0.539. The molecule has 0 unspecified atom stereocenters. The molecule has 6 nitrogen and oxygen atoms in total. The number of esters is 4. The van der Waals surface area contributed by atoms with E-state index in [1.165, 1.54) is 6.42 Å². The molecule has 0 fully saturated rings. The first-order valence-electron chi connectivity index (χ1n) is 7.70. The zero-order chi connectivity index (χ0) is 18.4. The highest BCUT2D eigenvalue weighted by atomic mass is 16.6. The summed E-state index contributed by atoms with van der Waals surface area (Å²) >= 11 is 0. The lowest BCUT2D eigenvalue weighted by Gasteiger charge is -1.86. The van der Waals surface area contributed by atoms with Crippen LogP contribution in [0.15, 0.2) is 48.5 Å². The minimum Gasteiger partial charge on any atom is -0.386 e. The van der Waals surface area contributed by atoms with Gasteiger partial charge in [0.15, 0.2) is 0 Å². The fourth-order valence-electron chi connectivity index (χ4n) is 2.07. The molecule has 2 heterocycles. The van der Waals surface area contributed by atoms with Gasteiger partial charge in [0, 0.05) is 0 Å². The summed E-state index contributed by atoms with van der Waals surface area (Å²) in [5.41, 5.74) is 1.44. The van der Waals surface area contributed by atoms with E-state index in [-0.39, 0.29) is 0 Å². The van der Waals surface area contributed by atoms with Crippen molar-refractivity contribution in [1.82, 2.24) is 0 Å². The lowest BCUT2D eigenvalue weighted by molar-refractivity contribution is 0.0425. The van der Waals surface area contributed by atoms with Crippen LogP contribution in [0.25, 0.3) is 0 Å². The molecule has 0 saturated carbocycles. The summed E-state index contributed by atoms with van der Waals surface area (Å²) in [7, 11) is 0. The third-order valence-corrected chi connectivity index (χ3v) is 3.10. The van der Waals surface area contributed by atoms with Crippen molar-refractivity contribution in [2.75, 3.05) is 0 Å². The third kappa shape index (κ3) is 3.98. The predicted molar refractivity (Wildman–Crippen MR) is 88.3 cm³/mol. The van der Waals surface area contributed by atoms with E-state index in [0.29, 0.717) is 22.3 Å². The van der Waals surface area contributed by atoms with Crippen molar-refractivity contribution in [3.05, 3.63) is 70.8 Å². The van der Waals surface area contributed by atoms with Crippen molar-refractivity contribution in [2.24, 2.45) is 0 Å². The molecule has 0 radical (unpaired) electrons. The number of rotatable bonds is 0. The monoisotopic (exact) mass is 340 g/mol. The highest BCUT2D eigenvalue weighted by Crippen LogP contribution is 2.19. The standard InChI is InChI=1S/2C8H4O3.C3H8/c2*9-7-5-3-1-2-4-6(5)8(10)11-7;1-3-2/h2*1-4H;3H2,1-2H3. The fraction of sp³-hybridized carbons (Fsp3) is 0.158. The Labute approximate surface area is 144 Å². The first-order chi connectivity index (χ1) is 12.0. The molecule has 0 bridgehead atoms. The van der Waals surface area contributed by atoms with Crippen molar-refractivity contribution in [3.63, 3.8) is 0 Å². The smallest absolute Gasteiger partial charge is 0.346 e. The van der Waals surface area contributed by atoms with Gasteiger partial charge in [-0.2, -0.15) is 0 Å². The van der Waals surface area contributed by atoms with Crippen LogP contribution in [0, 0.1) is 0 Å². The first-order valence-corrected chi connectivity index (χ1v) is 7.70. The number of cyclic esters (lactones) is 4. The molecular weight excluding hydrogens is 324 g/mol. The Balaban J connectivity index is 0.000000156. The van der Waals surface area contributed by atoms with E-state index in [9.17, 15) is 19.2 Å². The maximum Gasteiger partial charge on any atom is 0.346 e. The number of ether oxygens (including phenoxy) is 2. The van der Waals surface area contributed by atoms with Gasteiger partial charge >= 0.3 is 23.9 Å². The van der Waals surface area contributed by atoms with Gasteiger partial charge < -0.3 is 9.47 Å². The van der Waals surface area contributed by atoms with E-state index in [1.807, 2.05) is 0 Å². The molecule has 2 aromatic carbocycles. The summed E-state index contributed by atoms with van der Waals surface area (Å²) in [5.74, 6) is -2.20. The Hall–Kier alpha value is -3.28. The topological polar surface area (TPSA) is 86.7 Å². The number of hydrogen-bond acceptors (Lipinski definition) is 6. The van der Waals surface area contributed by atoms with Gasteiger partial charge in [-0.15, -0.1) is 0 Å². The largest absolute Gasteiger partial charge is 0.386 e. The molecule has 6 heteroatoms. The van der Waals surface area contributed by atoms with Crippen molar-refractivity contribution >= 4 is 23.9 Å². The molecule has 2 aromatic rings. The van der Waals surface area contributed by atoms with Gasteiger partial charge in [-0.25, -0.2) is 19.2 Å². The lowest BCUT2D eigenvalue weighted by Crippen LogP contribution is -1.96. The molecule has 4 rings (SSSR count). The molecule has 0 atom stereocenters. The molecule has 2 aliphatic rings. The van der Waals surface area contributed by atoms with Gasteiger partial charge in [0.2, 0.25) is 0 Å². The molecular formula is C19H16O6. The van der Waals surface area contributed by atoms with E-state index >= 15 is 0 Å².